The molecule has 0 radical (unpaired) electrons. The molecule has 0 saturated heterocycles. The zero-order chi connectivity index (χ0) is 13.1. The van der Waals surface area contributed by atoms with E-state index < -0.39 is 0 Å². The van der Waals surface area contributed by atoms with E-state index in [9.17, 15) is 5.11 Å². The van der Waals surface area contributed by atoms with Gasteiger partial charge in [-0.2, -0.15) is 0 Å². The molecule has 0 unspecified atom stereocenters. The highest BCUT2D eigenvalue weighted by molar-refractivity contribution is 5.91. The summed E-state index contributed by atoms with van der Waals surface area (Å²) < 4.78 is 0. The maximum atomic E-state index is 9.85. The Kier molecular flexibility index (Phi) is 5.64. The van der Waals surface area contributed by atoms with Crippen LogP contribution in [0.2, 0.25) is 0 Å². The Labute approximate surface area is 121 Å². The highest BCUT2D eigenvalue weighted by Gasteiger charge is 2.12. The minimum atomic E-state index is 0. The molecule has 0 saturated carbocycles. The van der Waals surface area contributed by atoms with E-state index in [1.165, 1.54) is 0 Å². The molecular weight excluding hydrogens is 258 g/mol. The summed E-state index contributed by atoms with van der Waals surface area (Å²) in [7, 11) is 0. The minimum Gasteiger partial charge on any atom is -0.507 e. The van der Waals surface area contributed by atoms with Gasteiger partial charge in [-0.05, 0) is 35.8 Å². The van der Waals surface area contributed by atoms with Crippen molar-refractivity contribution in [2.24, 2.45) is 11.7 Å². The van der Waals surface area contributed by atoms with Gasteiger partial charge in [0.2, 0.25) is 0 Å². The summed E-state index contributed by atoms with van der Waals surface area (Å²) in [6.45, 7) is 4.42. The van der Waals surface area contributed by atoms with Crippen LogP contribution < -0.4 is 5.73 Å². The molecule has 3 N–H and O–H groups in total. The van der Waals surface area contributed by atoms with E-state index in [2.05, 4.69) is 13.8 Å². The summed E-state index contributed by atoms with van der Waals surface area (Å²) in [5.74, 6) is 0.991. The van der Waals surface area contributed by atoms with Gasteiger partial charge in [-0.1, -0.05) is 44.2 Å². The van der Waals surface area contributed by atoms with E-state index in [-0.39, 0.29) is 18.4 Å². The predicted molar refractivity (Wildman–Crippen MR) is 83.9 cm³/mol. The Balaban J connectivity index is 0.00000180. The molecule has 0 heterocycles. The van der Waals surface area contributed by atoms with Crippen LogP contribution in [-0.4, -0.2) is 5.11 Å². The van der Waals surface area contributed by atoms with Gasteiger partial charge in [0.15, 0.2) is 0 Å². The van der Waals surface area contributed by atoms with Gasteiger partial charge in [0.25, 0.3) is 0 Å². The molecule has 104 valence electrons. The van der Waals surface area contributed by atoms with Gasteiger partial charge in [-0.15, -0.1) is 12.4 Å². The molecule has 0 aliphatic carbocycles. The monoisotopic (exact) mass is 279 g/mol. The normalized spacial score (nSPS) is 12.4. The number of halogens is 1. The van der Waals surface area contributed by atoms with E-state index in [4.69, 9.17) is 5.73 Å². The van der Waals surface area contributed by atoms with Crippen molar-refractivity contribution in [3.8, 4) is 5.75 Å². The molecule has 1 atom stereocenters. The third kappa shape index (κ3) is 3.62. The molecule has 3 heteroatoms. The lowest BCUT2D eigenvalue weighted by Gasteiger charge is -2.16. The highest BCUT2D eigenvalue weighted by atomic mass is 35.5. The molecule has 19 heavy (non-hydrogen) atoms. The fraction of sp³-hybridized carbons (Fsp3) is 0.375. The van der Waals surface area contributed by atoms with Gasteiger partial charge in [0.05, 0.1) is 0 Å². The Bertz CT molecular complexity index is 539. The number of rotatable bonds is 4. The number of phenolic OH excluding ortho intramolecular Hbond substituents is 1. The molecule has 2 aromatic rings. The quantitative estimate of drug-likeness (QED) is 0.871. The minimum absolute atomic E-state index is 0. The van der Waals surface area contributed by atoms with Crippen molar-refractivity contribution in [1.29, 1.82) is 0 Å². The Morgan fingerprint density at radius 2 is 1.63 bits per heavy atom. The molecular formula is C16H22ClNO. The van der Waals surface area contributed by atoms with E-state index in [1.54, 1.807) is 6.07 Å². The summed E-state index contributed by atoms with van der Waals surface area (Å²) in [4.78, 5) is 0. The fourth-order valence-electron chi connectivity index (χ4n) is 2.30. The van der Waals surface area contributed by atoms with Crippen LogP contribution in [0.15, 0.2) is 36.4 Å². The molecule has 2 nitrogen and oxygen atoms in total. The predicted octanol–water partition coefficient (Wildman–Crippen LogP) is 4.40. The number of aromatic hydroxyl groups is 1. The van der Waals surface area contributed by atoms with E-state index >= 15 is 0 Å². The molecule has 0 aliphatic rings. The second kappa shape index (κ2) is 6.78. The number of fused-ring (bicyclic) bond motifs is 1. The molecule has 2 rings (SSSR count). The Hall–Kier alpha value is -1.25. The Morgan fingerprint density at radius 3 is 2.26 bits per heavy atom. The van der Waals surface area contributed by atoms with Crippen LogP contribution in [0.4, 0.5) is 0 Å². The van der Waals surface area contributed by atoms with Gasteiger partial charge >= 0.3 is 0 Å². The van der Waals surface area contributed by atoms with Crippen molar-refractivity contribution in [3.05, 3.63) is 42.0 Å². The standard InChI is InChI=1S/C16H21NO.ClH/c1-11(2)7-9-15(17)13-8-10-16(18)14-6-4-3-5-12(13)14;/h3-6,8,10-11,15,18H,7,9,17H2,1-2H3;1H/t15-;/m1./s1. The fourth-order valence-corrected chi connectivity index (χ4v) is 2.30. The first-order valence-electron chi connectivity index (χ1n) is 6.55. The van der Waals surface area contributed by atoms with Crippen LogP contribution >= 0.6 is 12.4 Å². The van der Waals surface area contributed by atoms with Crippen LogP contribution in [0.3, 0.4) is 0 Å². The lowest BCUT2D eigenvalue weighted by molar-refractivity contribution is 0.480. The maximum absolute atomic E-state index is 9.85. The number of benzene rings is 2. The van der Waals surface area contributed by atoms with Crippen molar-refractivity contribution in [2.45, 2.75) is 32.7 Å². The zero-order valence-electron chi connectivity index (χ0n) is 11.5. The van der Waals surface area contributed by atoms with E-state index in [1.807, 2.05) is 30.3 Å². The Morgan fingerprint density at radius 1 is 1.00 bits per heavy atom. The number of hydrogen-bond acceptors (Lipinski definition) is 2. The lowest BCUT2D eigenvalue weighted by Crippen LogP contribution is -2.11. The van der Waals surface area contributed by atoms with Gasteiger partial charge < -0.3 is 10.8 Å². The van der Waals surface area contributed by atoms with Crippen molar-refractivity contribution < 1.29 is 5.11 Å². The van der Waals surface area contributed by atoms with Crippen LogP contribution in [-0.2, 0) is 0 Å². The van der Waals surface area contributed by atoms with E-state index in [0.29, 0.717) is 11.7 Å². The van der Waals surface area contributed by atoms with E-state index in [0.717, 1.165) is 29.2 Å². The third-order valence-corrected chi connectivity index (χ3v) is 3.39. The van der Waals surface area contributed by atoms with Crippen molar-refractivity contribution in [1.82, 2.24) is 0 Å². The summed E-state index contributed by atoms with van der Waals surface area (Å²) in [6.07, 6.45) is 2.10. The topological polar surface area (TPSA) is 46.2 Å². The average molecular weight is 280 g/mol. The maximum Gasteiger partial charge on any atom is 0.123 e. The average Bonchev–Trinajstić information content (AvgIpc) is 2.37. The highest BCUT2D eigenvalue weighted by Crippen LogP contribution is 2.31. The van der Waals surface area contributed by atoms with Crippen LogP contribution in [0, 0.1) is 5.92 Å². The largest absolute Gasteiger partial charge is 0.507 e. The summed E-state index contributed by atoms with van der Waals surface area (Å²) in [5.41, 5.74) is 7.41. The zero-order valence-corrected chi connectivity index (χ0v) is 12.3. The summed E-state index contributed by atoms with van der Waals surface area (Å²) in [6, 6.07) is 11.6. The molecule has 2 aromatic carbocycles. The summed E-state index contributed by atoms with van der Waals surface area (Å²) in [5, 5.41) is 11.8. The number of hydrogen-bond donors (Lipinski definition) is 2. The first-order valence-corrected chi connectivity index (χ1v) is 6.55. The smallest absolute Gasteiger partial charge is 0.123 e. The molecule has 0 spiro atoms. The second-order valence-electron chi connectivity index (χ2n) is 5.30. The van der Waals surface area contributed by atoms with Crippen LogP contribution in [0.25, 0.3) is 10.8 Å². The van der Waals surface area contributed by atoms with Crippen molar-refractivity contribution in [2.75, 3.05) is 0 Å². The van der Waals surface area contributed by atoms with Gasteiger partial charge in [-0.25, -0.2) is 0 Å². The third-order valence-electron chi connectivity index (χ3n) is 3.39. The van der Waals surface area contributed by atoms with Crippen molar-refractivity contribution >= 4 is 23.2 Å². The SMILES string of the molecule is CC(C)CC[C@@H](N)c1ccc(O)c2ccccc12.Cl. The van der Waals surface area contributed by atoms with Crippen LogP contribution in [0.5, 0.6) is 5.75 Å². The molecule has 0 amide bonds. The molecule has 0 bridgehead atoms. The first-order chi connectivity index (χ1) is 8.59. The lowest BCUT2D eigenvalue weighted by atomic mass is 9.94. The second-order valence-corrected chi connectivity index (χ2v) is 5.30. The molecule has 0 fully saturated rings. The van der Waals surface area contributed by atoms with Gasteiger partial charge in [0.1, 0.15) is 5.75 Å². The molecule has 0 aliphatic heterocycles. The van der Waals surface area contributed by atoms with Crippen LogP contribution in [0.1, 0.15) is 38.3 Å². The number of nitrogens with two attached hydrogens (primary N) is 1. The molecule has 0 aromatic heterocycles. The number of phenols is 1. The van der Waals surface area contributed by atoms with Crippen molar-refractivity contribution in [3.63, 3.8) is 0 Å². The summed E-state index contributed by atoms with van der Waals surface area (Å²) >= 11 is 0. The van der Waals surface area contributed by atoms with Gasteiger partial charge in [-0.3, -0.25) is 0 Å². The first kappa shape index (κ1) is 15.8. The van der Waals surface area contributed by atoms with Gasteiger partial charge in [0, 0.05) is 11.4 Å².